The molecule has 0 aliphatic heterocycles. The molecule has 2 aliphatic carbocycles. The molecule has 4 heteroatoms. The highest BCUT2D eigenvalue weighted by Crippen LogP contribution is 2.57. The van der Waals surface area contributed by atoms with Crippen LogP contribution in [0.2, 0.25) is 0 Å². The van der Waals surface area contributed by atoms with Crippen LogP contribution >= 0.6 is 0 Å². The van der Waals surface area contributed by atoms with E-state index in [4.69, 9.17) is 4.74 Å². The number of carbonyl (C=O) groups is 1. The molecule has 0 radical (unpaired) electrons. The maximum atomic E-state index is 11.6. The summed E-state index contributed by atoms with van der Waals surface area (Å²) < 4.78 is 5.84. The quantitative estimate of drug-likeness (QED) is 0.813. The van der Waals surface area contributed by atoms with Gasteiger partial charge in [-0.15, -0.1) is 0 Å². The molecule has 2 unspecified atom stereocenters. The fraction of sp³-hybridized carbons (Fsp3) is 0.611. The van der Waals surface area contributed by atoms with E-state index in [1.165, 1.54) is 6.42 Å². The topological polar surface area (TPSA) is 58.6 Å². The van der Waals surface area contributed by atoms with E-state index in [1.807, 2.05) is 37.3 Å². The molecule has 2 fully saturated rings. The Morgan fingerprint density at radius 2 is 2.14 bits per heavy atom. The summed E-state index contributed by atoms with van der Waals surface area (Å²) in [4.78, 5) is 11.6. The maximum absolute atomic E-state index is 11.6. The SMILES string of the molecule is CCOC1CC(N[C@H](Cc2ccccc2)C(=O)O)C12CCC2. The lowest BCUT2D eigenvalue weighted by Gasteiger charge is -2.61. The smallest absolute Gasteiger partial charge is 0.321 e. The first-order valence-electron chi connectivity index (χ1n) is 8.30. The lowest BCUT2D eigenvalue weighted by atomic mass is 9.51. The zero-order valence-electron chi connectivity index (χ0n) is 13.1. The largest absolute Gasteiger partial charge is 0.480 e. The molecule has 2 saturated carbocycles. The molecule has 0 amide bonds. The highest BCUT2D eigenvalue weighted by atomic mass is 16.5. The first-order chi connectivity index (χ1) is 10.7. The van der Waals surface area contributed by atoms with Crippen LogP contribution in [-0.2, 0) is 16.0 Å². The third-order valence-electron chi connectivity index (χ3n) is 5.42. The first-order valence-corrected chi connectivity index (χ1v) is 8.30. The van der Waals surface area contributed by atoms with Crippen molar-refractivity contribution in [3.05, 3.63) is 35.9 Å². The molecule has 0 aromatic heterocycles. The first kappa shape index (κ1) is 15.5. The summed E-state index contributed by atoms with van der Waals surface area (Å²) in [5, 5.41) is 12.9. The van der Waals surface area contributed by atoms with Gasteiger partial charge in [-0.2, -0.15) is 0 Å². The Kier molecular flexibility index (Phi) is 4.50. The van der Waals surface area contributed by atoms with Gasteiger partial charge in [0.2, 0.25) is 0 Å². The van der Waals surface area contributed by atoms with Crippen molar-refractivity contribution < 1.29 is 14.6 Å². The molecule has 22 heavy (non-hydrogen) atoms. The molecule has 3 atom stereocenters. The minimum absolute atomic E-state index is 0.195. The van der Waals surface area contributed by atoms with E-state index in [0.29, 0.717) is 12.5 Å². The van der Waals surface area contributed by atoms with Gasteiger partial charge in [-0.3, -0.25) is 4.79 Å². The highest BCUT2D eigenvalue weighted by Gasteiger charge is 2.59. The highest BCUT2D eigenvalue weighted by molar-refractivity contribution is 5.74. The summed E-state index contributed by atoms with van der Waals surface area (Å²) in [5.41, 5.74) is 1.26. The average molecular weight is 303 g/mol. The van der Waals surface area contributed by atoms with E-state index in [-0.39, 0.29) is 11.5 Å². The minimum atomic E-state index is -0.766. The molecular weight excluding hydrogens is 278 g/mol. The number of carboxylic acids is 1. The van der Waals surface area contributed by atoms with Crippen molar-refractivity contribution in [1.82, 2.24) is 5.32 Å². The fourth-order valence-electron chi connectivity index (χ4n) is 3.98. The third kappa shape index (κ3) is 2.77. The van der Waals surface area contributed by atoms with Crippen LogP contribution < -0.4 is 5.32 Å². The Morgan fingerprint density at radius 3 is 2.68 bits per heavy atom. The van der Waals surface area contributed by atoms with Crippen molar-refractivity contribution in [2.24, 2.45) is 5.41 Å². The molecule has 120 valence electrons. The normalized spacial score (nSPS) is 27.0. The van der Waals surface area contributed by atoms with Gasteiger partial charge >= 0.3 is 5.97 Å². The zero-order valence-corrected chi connectivity index (χ0v) is 13.1. The van der Waals surface area contributed by atoms with Crippen LogP contribution in [0.1, 0.15) is 38.2 Å². The van der Waals surface area contributed by atoms with Gasteiger partial charge in [-0.05, 0) is 38.2 Å². The van der Waals surface area contributed by atoms with Gasteiger partial charge in [-0.25, -0.2) is 0 Å². The molecule has 2 N–H and O–H groups in total. The summed E-state index contributed by atoms with van der Waals surface area (Å²) in [7, 11) is 0. The second kappa shape index (κ2) is 6.39. The standard InChI is InChI=1S/C18H25NO3/c1-2-22-16-12-15(18(16)9-6-10-18)19-14(17(20)21)11-13-7-4-3-5-8-13/h3-5,7-8,14-16,19H,2,6,9-12H2,1H3,(H,20,21)/t14-,15?,16?/m1/s1. The van der Waals surface area contributed by atoms with Gasteiger partial charge in [-0.1, -0.05) is 36.8 Å². The van der Waals surface area contributed by atoms with Gasteiger partial charge in [0, 0.05) is 18.1 Å². The minimum Gasteiger partial charge on any atom is -0.480 e. The zero-order chi connectivity index (χ0) is 15.6. The van der Waals surface area contributed by atoms with Crippen molar-refractivity contribution in [2.45, 2.75) is 57.2 Å². The molecule has 1 spiro atoms. The molecule has 0 saturated heterocycles. The van der Waals surface area contributed by atoms with Crippen molar-refractivity contribution in [1.29, 1.82) is 0 Å². The van der Waals surface area contributed by atoms with Crippen molar-refractivity contribution in [3.8, 4) is 0 Å². The number of hydrogen-bond donors (Lipinski definition) is 2. The van der Waals surface area contributed by atoms with Crippen molar-refractivity contribution >= 4 is 5.97 Å². The summed E-state index contributed by atoms with van der Waals surface area (Å²) in [6, 6.07) is 9.59. The Bertz CT molecular complexity index is 512. The fourth-order valence-corrected chi connectivity index (χ4v) is 3.98. The lowest BCUT2D eigenvalue weighted by Crippen LogP contribution is -2.69. The molecule has 4 nitrogen and oxygen atoms in total. The van der Waals surface area contributed by atoms with Crippen LogP contribution in [0.15, 0.2) is 30.3 Å². The van der Waals surface area contributed by atoms with Crippen LogP contribution in [0.3, 0.4) is 0 Å². The number of rotatable bonds is 7. The Balaban J connectivity index is 1.64. The Labute approximate surface area is 131 Å². The lowest BCUT2D eigenvalue weighted by molar-refractivity contribution is -0.177. The molecule has 3 rings (SSSR count). The van der Waals surface area contributed by atoms with E-state index in [9.17, 15) is 9.90 Å². The molecule has 0 bridgehead atoms. The van der Waals surface area contributed by atoms with Gasteiger partial charge in [0.25, 0.3) is 0 Å². The van der Waals surface area contributed by atoms with Crippen molar-refractivity contribution in [2.75, 3.05) is 6.61 Å². The van der Waals surface area contributed by atoms with Gasteiger partial charge in [0.1, 0.15) is 6.04 Å². The summed E-state index contributed by atoms with van der Waals surface area (Å²) in [5.74, 6) is -0.766. The van der Waals surface area contributed by atoms with E-state index >= 15 is 0 Å². The molecule has 2 aliphatic rings. The number of ether oxygens (including phenoxy) is 1. The molecule has 1 aromatic rings. The Morgan fingerprint density at radius 1 is 1.41 bits per heavy atom. The van der Waals surface area contributed by atoms with E-state index in [1.54, 1.807) is 0 Å². The average Bonchev–Trinajstić information content (AvgIpc) is 2.44. The van der Waals surface area contributed by atoms with Crippen LogP contribution in [0.5, 0.6) is 0 Å². The maximum Gasteiger partial charge on any atom is 0.321 e. The predicted octanol–water partition coefficient (Wildman–Crippen LogP) is 2.62. The molecule has 1 aromatic carbocycles. The number of benzene rings is 1. The monoisotopic (exact) mass is 303 g/mol. The second-order valence-corrected chi connectivity index (χ2v) is 6.57. The molecular formula is C18H25NO3. The number of carboxylic acid groups (broad SMARTS) is 1. The third-order valence-corrected chi connectivity index (χ3v) is 5.42. The van der Waals surface area contributed by atoms with Crippen LogP contribution in [0.4, 0.5) is 0 Å². The van der Waals surface area contributed by atoms with E-state index in [2.05, 4.69) is 5.32 Å². The number of aliphatic carboxylic acids is 1. The van der Waals surface area contributed by atoms with Crippen molar-refractivity contribution in [3.63, 3.8) is 0 Å². The number of hydrogen-bond acceptors (Lipinski definition) is 3. The van der Waals surface area contributed by atoms with E-state index in [0.717, 1.165) is 31.4 Å². The summed E-state index contributed by atoms with van der Waals surface area (Å²) in [6.07, 6.45) is 5.34. The Hall–Kier alpha value is -1.39. The van der Waals surface area contributed by atoms with E-state index < -0.39 is 12.0 Å². The summed E-state index contributed by atoms with van der Waals surface area (Å²) >= 11 is 0. The van der Waals surface area contributed by atoms with Crippen LogP contribution in [0, 0.1) is 5.41 Å². The van der Waals surface area contributed by atoms with Gasteiger partial charge in [0.05, 0.1) is 6.10 Å². The summed E-state index contributed by atoms with van der Waals surface area (Å²) in [6.45, 7) is 2.77. The van der Waals surface area contributed by atoms with Gasteiger partial charge < -0.3 is 15.2 Å². The van der Waals surface area contributed by atoms with Crippen LogP contribution in [-0.4, -0.2) is 35.9 Å². The van der Waals surface area contributed by atoms with Gasteiger partial charge in [0.15, 0.2) is 0 Å². The second-order valence-electron chi connectivity index (χ2n) is 6.57. The molecule has 0 heterocycles. The number of nitrogens with one attached hydrogen (secondary N) is 1. The van der Waals surface area contributed by atoms with Crippen LogP contribution in [0.25, 0.3) is 0 Å². The predicted molar refractivity (Wildman–Crippen MR) is 84.8 cm³/mol.